The molecule has 0 aromatic heterocycles. The van der Waals surface area contributed by atoms with Crippen molar-refractivity contribution in [1.82, 2.24) is 0 Å². The van der Waals surface area contributed by atoms with E-state index in [2.05, 4.69) is 15.9 Å². The number of amides is 1. The van der Waals surface area contributed by atoms with Crippen molar-refractivity contribution in [3.05, 3.63) is 75.9 Å². The Hall–Kier alpha value is -1.99. The Balaban J connectivity index is 2.01. The van der Waals surface area contributed by atoms with Gasteiger partial charge in [0.25, 0.3) is 5.91 Å². The van der Waals surface area contributed by atoms with E-state index in [1.54, 1.807) is 24.3 Å². The summed E-state index contributed by atoms with van der Waals surface area (Å²) in [5.74, 6) is -0.995. The van der Waals surface area contributed by atoms with Gasteiger partial charge in [0.2, 0.25) is 0 Å². The van der Waals surface area contributed by atoms with Crippen LogP contribution >= 0.6 is 15.9 Å². The van der Waals surface area contributed by atoms with Gasteiger partial charge in [-0.15, -0.1) is 0 Å². The summed E-state index contributed by atoms with van der Waals surface area (Å²) in [4.78, 5) is 14.3. The second-order valence-electron chi connectivity index (χ2n) is 5.38. The monoisotopic (exact) mass is 409 g/mol. The number of anilines is 1. The number of rotatable bonds is 3. The zero-order chi connectivity index (χ0) is 17.3. The number of benzene rings is 2. The van der Waals surface area contributed by atoms with E-state index in [9.17, 15) is 17.6 Å². The quantitative estimate of drug-likeness (QED) is 0.778. The molecule has 0 bridgehead atoms. The minimum atomic E-state index is -3.32. The summed E-state index contributed by atoms with van der Waals surface area (Å²) in [5.41, 5.74) is 0.858. The molecule has 0 saturated heterocycles. The highest BCUT2D eigenvalue weighted by Crippen LogP contribution is 2.26. The number of carbonyl (C=O) groups is 1. The van der Waals surface area contributed by atoms with Crippen LogP contribution in [0.5, 0.6) is 0 Å². The molecule has 0 N–H and O–H groups in total. The number of nitrogens with zero attached hydrogens (tertiary/aromatic N) is 1. The Morgan fingerprint density at radius 1 is 1.08 bits per heavy atom. The van der Waals surface area contributed by atoms with Crippen LogP contribution < -0.4 is 4.90 Å². The maximum atomic E-state index is 13.1. The highest BCUT2D eigenvalue weighted by Gasteiger charge is 2.32. The predicted octanol–water partition coefficient (Wildman–Crippen LogP) is 3.55. The highest BCUT2D eigenvalue weighted by molar-refractivity contribution is 9.10. The molecule has 1 atom stereocenters. The fourth-order valence-corrected chi connectivity index (χ4v) is 4.05. The summed E-state index contributed by atoms with van der Waals surface area (Å²) < 4.78 is 37.4. The normalized spacial score (nSPS) is 18.5. The van der Waals surface area contributed by atoms with Gasteiger partial charge in [-0.1, -0.05) is 15.9 Å². The van der Waals surface area contributed by atoms with Crippen LogP contribution in [0.15, 0.2) is 64.5 Å². The maximum Gasteiger partial charge on any atom is 0.258 e. The van der Waals surface area contributed by atoms with Crippen LogP contribution in [0.3, 0.4) is 0 Å². The summed E-state index contributed by atoms with van der Waals surface area (Å²) in [6, 6.07) is 11.6. The maximum absolute atomic E-state index is 13.1. The highest BCUT2D eigenvalue weighted by atomic mass is 79.9. The van der Waals surface area contributed by atoms with E-state index >= 15 is 0 Å². The summed E-state index contributed by atoms with van der Waals surface area (Å²) in [5, 5.41) is 1.13. The van der Waals surface area contributed by atoms with Crippen molar-refractivity contribution in [3.63, 3.8) is 0 Å². The molecule has 2 aromatic rings. The number of carbonyl (C=O) groups excluding carboxylic acids is 1. The Morgan fingerprint density at radius 2 is 1.71 bits per heavy atom. The zero-order valence-corrected chi connectivity index (χ0v) is 14.8. The Labute approximate surface area is 147 Å². The summed E-state index contributed by atoms with van der Waals surface area (Å²) in [7, 11) is -3.32. The number of sulfone groups is 1. The van der Waals surface area contributed by atoms with Gasteiger partial charge in [-0.05, 0) is 54.6 Å². The van der Waals surface area contributed by atoms with Crippen molar-refractivity contribution in [2.24, 2.45) is 0 Å². The van der Waals surface area contributed by atoms with Crippen LogP contribution in [0.2, 0.25) is 0 Å². The first-order valence-corrected chi connectivity index (χ1v) is 9.62. The van der Waals surface area contributed by atoms with E-state index in [-0.39, 0.29) is 17.2 Å². The predicted molar refractivity (Wildman–Crippen MR) is 94.1 cm³/mol. The van der Waals surface area contributed by atoms with Crippen LogP contribution in [0, 0.1) is 5.82 Å². The Morgan fingerprint density at radius 3 is 2.25 bits per heavy atom. The van der Waals surface area contributed by atoms with E-state index in [4.69, 9.17) is 0 Å². The average molecular weight is 410 g/mol. The third kappa shape index (κ3) is 3.57. The smallest absolute Gasteiger partial charge is 0.258 e. The van der Waals surface area contributed by atoms with Gasteiger partial charge in [-0.25, -0.2) is 12.8 Å². The fourth-order valence-electron chi connectivity index (χ4n) is 2.51. The van der Waals surface area contributed by atoms with Crippen molar-refractivity contribution in [3.8, 4) is 0 Å². The third-order valence-corrected chi connectivity index (χ3v) is 5.56. The van der Waals surface area contributed by atoms with E-state index in [1.807, 2.05) is 0 Å². The zero-order valence-electron chi connectivity index (χ0n) is 12.4. The molecule has 1 aliphatic rings. The summed E-state index contributed by atoms with van der Waals surface area (Å²) in [6.45, 7) is 0. The number of hydrogen-bond donors (Lipinski definition) is 0. The SMILES string of the molecule is O=C(c1ccc(F)cc1)N(c1ccc(Br)cc1)C1C=CS(=O)(=O)C1. The first kappa shape index (κ1) is 16.9. The minimum absolute atomic E-state index is 0.171. The van der Waals surface area contributed by atoms with Gasteiger partial charge in [0, 0.05) is 21.1 Å². The van der Waals surface area contributed by atoms with E-state index in [0.717, 1.165) is 9.88 Å². The second kappa shape index (κ2) is 6.49. The topological polar surface area (TPSA) is 54.5 Å². The van der Waals surface area contributed by atoms with Gasteiger partial charge in [0.1, 0.15) is 5.82 Å². The first-order chi connectivity index (χ1) is 11.4. The number of hydrogen-bond acceptors (Lipinski definition) is 3. The van der Waals surface area contributed by atoms with Crippen LogP contribution in [-0.2, 0) is 9.84 Å². The van der Waals surface area contributed by atoms with Gasteiger partial charge >= 0.3 is 0 Å². The van der Waals surface area contributed by atoms with Crippen LogP contribution in [0.25, 0.3) is 0 Å². The molecule has 124 valence electrons. The molecule has 24 heavy (non-hydrogen) atoms. The lowest BCUT2D eigenvalue weighted by Gasteiger charge is -2.28. The molecule has 4 nitrogen and oxygen atoms in total. The second-order valence-corrected chi connectivity index (χ2v) is 8.23. The summed E-state index contributed by atoms with van der Waals surface area (Å²) >= 11 is 3.33. The van der Waals surface area contributed by atoms with Gasteiger partial charge in [0.05, 0.1) is 11.8 Å². The first-order valence-electron chi connectivity index (χ1n) is 7.11. The molecular formula is C17H13BrFNO3S. The molecule has 2 aromatic carbocycles. The third-order valence-electron chi connectivity index (χ3n) is 3.66. The molecule has 0 spiro atoms. The van der Waals surface area contributed by atoms with E-state index < -0.39 is 21.7 Å². The van der Waals surface area contributed by atoms with Gasteiger partial charge in [-0.2, -0.15) is 0 Å². The fraction of sp³-hybridized carbons (Fsp3) is 0.118. The standard InChI is InChI=1S/C17H13BrFNO3S/c18-13-3-7-15(8-4-13)20(16-9-10-24(22,23)11-16)17(21)12-1-5-14(19)6-2-12/h1-10,16H,11H2. The molecule has 0 aliphatic carbocycles. The van der Waals surface area contributed by atoms with Gasteiger partial charge in [0.15, 0.2) is 9.84 Å². The molecule has 7 heteroatoms. The minimum Gasteiger partial charge on any atom is -0.300 e. The molecule has 0 saturated carbocycles. The molecular weight excluding hydrogens is 397 g/mol. The molecule has 1 amide bonds. The molecule has 1 heterocycles. The summed E-state index contributed by atoms with van der Waals surface area (Å²) in [6.07, 6.45) is 1.50. The molecule has 1 aliphatic heterocycles. The Bertz CT molecular complexity index is 892. The lowest BCUT2D eigenvalue weighted by atomic mass is 10.1. The van der Waals surface area contributed by atoms with Crippen molar-refractivity contribution in [2.45, 2.75) is 6.04 Å². The van der Waals surface area contributed by atoms with E-state index in [1.165, 1.54) is 35.2 Å². The van der Waals surface area contributed by atoms with E-state index in [0.29, 0.717) is 5.69 Å². The van der Waals surface area contributed by atoms with Gasteiger partial charge < -0.3 is 4.90 Å². The largest absolute Gasteiger partial charge is 0.300 e. The number of halogens is 2. The lowest BCUT2D eigenvalue weighted by molar-refractivity contribution is 0.0983. The van der Waals surface area contributed by atoms with Crippen LogP contribution in [-0.4, -0.2) is 26.1 Å². The molecule has 0 radical (unpaired) electrons. The van der Waals surface area contributed by atoms with Crippen molar-refractivity contribution in [1.29, 1.82) is 0 Å². The van der Waals surface area contributed by atoms with Crippen LogP contribution in [0.1, 0.15) is 10.4 Å². The molecule has 1 unspecified atom stereocenters. The van der Waals surface area contributed by atoms with Crippen molar-refractivity contribution >= 4 is 37.4 Å². The van der Waals surface area contributed by atoms with Crippen molar-refractivity contribution < 1.29 is 17.6 Å². The lowest BCUT2D eigenvalue weighted by Crippen LogP contribution is -2.41. The molecule has 3 rings (SSSR count). The van der Waals surface area contributed by atoms with Crippen molar-refractivity contribution in [2.75, 3.05) is 10.7 Å². The van der Waals surface area contributed by atoms with Crippen LogP contribution in [0.4, 0.5) is 10.1 Å². The van der Waals surface area contributed by atoms with Gasteiger partial charge in [-0.3, -0.25) is 4.79 Å². The average Bonchev–Trinajstić information content (AvgIpc) is 2.90. The molecule has 0 fully saturated rings. The Kier molecular flexibility index (Phi) is 4.56.